The first-order chi connectivity index (χ1) is 14.8. The molecule has 1 aliphatic heterocycles. The number of benzene rings is 2. The predicted molar refractivity (Wildman–Crippen MR) is 121 cm³/mol. The van der Waals surface area contributed by atoms with Crippen LogP contribution in [0, 0.1) is 0 Å². The highest BCUT2D eigenvalue weighted by Gasteiger charge is 2.26. The SMILES string of the molecule is O=c1c2c(nc3ccccn13)N(Cc1ccccc1)C=CCC2Nc1ccccc1. The van der Waals surface area contributed by atoms with Gasteiger partial charge in [0.15, 0.2) is 0 Å². The maximum Gasteiger partial charge on any atom is 0.265 e. The number of aromatic nitrogens is 2. The fraction of sp³-hybridized carbons (Fsp3) is 0.120. The van der Waals surface area contributed by atoms with Crippen molar-refractivity contribution in [2.24, 2.45) is 0 Å². The van der Waals surface area contributed by atoms with Crippen LogP contribution in [-0.4, -0.2) is 9.38 Å². The van der Waals surface area contributed by atoms with Gasteiger partial charge in [0.2, 0.25) is 0 Å². The van der Waals surface area contributed by atoms with Gasteiger partial charge in [0.05, 0.1) is 11.6 Å². The Morgan fingerprint density at radius 3 is 2.47 bits per heavy atom. The summed E-state index contributed by atoms with van der Waals surface area (Å²) in [5.41, 5.74) is 3.44. The third-order valence-corrected chi connectivity index (χ3v) is 5.34. The van der Waals surface area contributed by atoms with Crippen molar-refractivity contribution in [3.8, 4) is 0 Å². The molecule has 0 radical (unpaired) electrons. The smallest absolute Gasteiger partial charge is 0.265 e. The Bertz CT molecular complexity index is 1250. The average molecular weight is 394 g/mol. The lowest BCUT2D eigenvalue weighted by molar-refractivity contribution is 0.773. The molecule has 0 spiro atoms. The third kappa shape index (κ3) is 3.46. The standard InChI is InChI=1S/C25H22N4O/c30-25-23-21(26-20-12-5-2-6-13-20)14-9-16-28(18-19-10-3-1-4-11-19)24(23)27-22-15-7-8-17-29(22)25/h1-13,15-17,21,26H,14,18H2. The molecule has 2 aromatic heterocycles. The monoisotopic (exact) mass is 394 g/mol. The normalized spacial score (nSPS) is 15.6. The molecule has 5 nitrogen and oxygen atoms in total. The molecular weight excluding hydrogens is 372 g/mol. The third-order valence-electron chi connectivity index (χ3n) is 5.34. The van der Waals surface area contributed by atoms with Crippen LogP contribution in [0.25, 0.3) is 5.65 Å². The van der Waals surface area contributed by atoms with E-state index < -0.39 is 0 Å². The minimum atomic E-state index is -0.170. The summed E-state index contributed by atoms with van der Waals surface area (Å²) >= 11 is 0. The summed E-state index contributed by atoms with van der Waals surface area (Å²) in [6, 6.07) is 25.7. The van der Waals surface area contributed by atoms with E-state index in [4.69, 9.17) is 4.98 Å². The Hall–Kier alpha value is -3.86. The highest BCUT2D eigenvalue weighted by molar-refractivity contribution is 5.60. The van der Waals surface area contributed by atoms with Gasteiger partial charge < -0.3 is 10.2 Å². The van der Waals surface area contributed by atoms with E-state index in [1.807, 2.05) is 72.9 Å². The van der Waals surface area contributed by atoms with E-state index in [0.29, 0.717) is 30.0 Å². The van der Waals surface area contributed by atoms with E-state index in [1.165, 1.54) is 0 Å². The van der Waals surface area contributed by atoms with Crippen molar-refractivity contribution in [1.29, 1.82) is 0 Å². The molecule has 1 N–H and O–H groups in total. The Morgan fingerprint density at radius 2 is 1.67 bits per heavy atom. The van der Waals surface area contributed by atoms with E-state index in [-0.39, 0.29) is 11.6 Å². The zero-order valence-corrected chi connectivity index (χ0v) is 16.5. The minimum absolute atomic E-state index is 0.0363. The second-order valence-electron chi connectivity index (χ2n) is 7.38. The Kier molecular flexibility index (Phi) is 4.77. The van der Waals surface area contributed by atoms with Crippen LogP contribution in [0.5, 0.6) is 0 Å². The maximum absolute atomic E-state index is 13.6. The summed E-state index contributed by atoms with van der Waals surface area (Å²) in [6.45, 7) is 0.651. The topological polar surface area (TPSA) is 49.6 Å². The Labute approximate surface area is 174 Å². The minimum Gasteiger partial charge on any atom is -0.378 e. The number of pyridine rings is 1. The molecule has 1 aliphatic rings. The van der Waals surface area contributed by atoms with Crippen molar-refractivity contribution in [2.45, 2.75) is 19.0 Å². The lowest BCUT2D eigenvalue weighted by Gasteiger charge is -2.24. The molecule has 1 atom stereocenters. The maximum atomic E-state index is 13.6. The summed E-state index contributed by atoms with van der Waals surface area (Å²) in [4.78, 5) is 20.5. The van der Waals surface area contributed by atoms with Gasteiger partial charge in [0.1, 0.15) is 11.5 Å². The van der Waals surface area contributed by atoms with Crippen molar-refractivity contribution < 1.29 is 0 Å². The molecule has 4 aromatic rings. The van der Waals surface area contributed by atoms with Crippen LogP contribution in [0.2, 0.25) is 0 Å². The lowest BCUT2D eigenvalue weighted by Crippen LogP contribution is -2.29. The molecule has 30 heavy (non-hydrogen) atoms. The van der Waals surface area contributed by atoms with Gasteiger partial charge in [-0.15, -0.1) is 0 Å². The quantitative estimate of drug-likeness (QED) is 0.542. The molecular formula is C25H22N4O. The first-order valence-electron chi connectivity index (χ1n) is 10.1. The van der Waals surface area contributed by atoms with E-state index in [1.54, 1.807) is 10.6 Å². The van der Waals surface area contributed by atoms with Gasteiger partial charge in [-0.2, -0.15) is 0 Å². The van der Waals surface area contributed by atoms with E-state index in [9.17, 15) is 4.79 Å². The number of nitrogens with zero attached hydrogens (tertiary/aromatic N) is 3. The average Bonchev–Trinajstić information content (AvgIpc) is 2.95. The molecule has 0 aliphatic carbocycles. The van der Waals surface area contributed by atoms with E-state index >= 15 is 0 Å². The van der Waals surface area contributed by atoms with Gasteiger partial charge in [-0.1, -0.05) is 60.7 Å². The molecule has 0 amide bonds. The number of para-hydroxylation sites is 1. The van der Waals surface area contributed by atoms with Crippen LogP contribution in [0.15, 0.2) is 102 Å². The molecule has 3 heterocycles. The molecule has 0 saturated carbocycles. The Balaban J connectivity index is 1.65. The van der Waals surface area contributed by atoms with E-state index in [2.05, 4.69) is 28.4 Å². The van der Waals surface area contributed by atoms with Gasteiger partial charge in [-0.05, 0) is 36.2 Å². The number of hydrogen-bond acceptors (Lipinski definition) is 4. The van der Waals surface area contributed by atoms with Crippen LogP contribution in [0.4, 0.5) is 11.5 Å². The summed E-state index contributed by atoms with van der Waals surface area (Å²) < 4.78 is 1.63. The predicted octanol–water partition coefficient (Wildman–Crippen LogP) is 4.77. The molecule has 0 bridgehead atoms. The van der Waals surface area contributed by atoms with Crippen LogP contribution in [-0.2, 0) is 6.54 Å². The van der Waals surface area contributed by atoms with Crippen LogP contribution in [0.3, 0.4) is 0 Å². The largest absolute Gasteiger partial charge is 0.378 e. The second kappa shape index (κ2) is 7.87. The summed E-state index contributed by atoms with van der Waals surface area (Å²) in [7, 11) is 0. The number of rotatable bonds is 4. The first-order valence-corrected chi connectivity index (χ1v) is 10.1. The zero-order chi connectivity index (χ0) is 20.3. The van der Waals surface area contributed by atoms with E-state index in [0.717, 1.165) is 11.3 Å². The summed E-state index contributed by atoms with van der Waals surface area (Å²) in [5, 5.41) is 3.54. The number of hydrogen-bond donors (Lipinski definition) is 1. The number of fused-ring (bicyclic) bond motifs is 2. The van der Waals surface area contributed by atoms with Crippen molar-refractivity contribution in [3.63, 3.8) is 0 Å². The number of nitrogens with one attached hydrogen (secondary N) is 1. The summed E-state index contributed by atoms with van der Waals surface area (Å²) in [6.07, 6.45) is 6.64. The molecule has 5 heteroatoms. The highest BCUT2D eigenvalue weighted by atomic mass is 16.1. The van der Waals surface area contributed by atoms with Gasteiger partial charge in [-0.3, -0.25) is 9.20 Å². The highest BCUT2D eigenvalue weighted by Crippen LogP contribution is 2.32. The second-order valence-corrected chi connectivity index (χ2v) is 7.38. The number of anilines is 2. The van der Waals surface area contributed by atoms with Gasteiger partial charge in [0, 0.05) is 24.6 Å². The van der Waals surface area contributed by atoms with Crippen molar-refractivity contribution >= 4 is 17.2 Å². The van der Waals surface area contributed by atoms with Crippen molar-refractivity contribution in [1.82, 2.24) is 9.38 Å². The van der Waals surface area contributed by atoms with Crippen LogP contribution < -0.4 is 15.8 Å². The fourth-order valence-corrected chi connectivity index (χ4v) is 3.90. The molecule has 0 fully saturated rings. The molecule has 148 valence electrons. The Morgan fingerprint density at radius 1 is 0.933 bits per heavy atom. The molecule has 5 rings (SSSR count). The van der Waals surface area contributed by atoms with Crippen LogP contribution in [0.1, 0.15) is 23.6 Å². The van der Waals surface area contributed by atoms with Crippen molar-refractivity contribution in [3.05, 3.63) is 119 Å². The van der Waals surface area contributed by atoms with Gasteiger partial charge in [0.25, 0.3) is 5.56 Å². The van der Waals surface area contributed by atoms with Crippen LogP contribution >= 0.6 is 0 Å². The summed E-state index contributed by atoms with van der Waals surface area (Å²) in [5.74, 6) is 0.706. The molecule has 0 saturated heterocycles. The lowest BCUT2D eigenvalue weighted by atomic mass is 10.1. The fourth-order valence-electron chi connectivity index (χ4n) is 3.90. The molecule has 2 aromatic carbocycles. The van der Waals surface area contributed by atoms with Crippen molar-refractivity contribution in [2.75, 3.05) is 10.2 Å². The molecule has 1 unspecified atom stereocenters. The van der Waals surface area contributed by atoms with Gasteiger partial charge in [-0.25, -0.2) is 4.98 Å². The van der Waals surface area contributed by atoms with Gasteiger partial charge >= 0.3 is 0 Å². The zero-order valence-electron chi connectivity index (χ0n) is 16.5. The first kappa shape index (κ1) is 18.2.